The summed E-state index contributed by atoms with van der Waals surface area (Å²) < 4.78 is 75.5. The van der Waals surface area contributed by atoms with Crippen LogP contribution < -0.4 is 10.6 Å². The molecule has 30 heavy (non-hydrogen) atoms. The van der Waals surface area contributed by atoms with E-state index in [0.717, 1.165) is 24.0 Å². The van der Waals surface area contributed by atoms with Gasteiger partial charge in [-0.3, -0.25) is 0 Å². The number of aliphatic imine (C=N–C) groups is 1. The van der Waals surface area contributed by atoms with Crippen LogP contribution in [-0.2, 0) is 29.1 Å². The molecule has 0 fully saturated rings. The molecule has 2 aromatic carbocycles. The first-order valence-corrected chi connectivity index (χ1v) is 10.6. The van der Waals surface area contributed by atoms with Crippen LogP contribution in [0.15, 0.2) is 52.4 Å². The zero-order chi connectivity index (χ0) is 21.7. The molecule has 0 spiro atoms. The van der Waals surface area contributed by atoms with E-state index in [1.54, 1.807) is 19.1 Å². The molecular weight excluding hydrogens is 537 g/mol. The van der Waals surface area contributed by atoms with Crippen molar-refractivity contribution in [3.8, 4) is 0 Å². The Morgan fingerprint density at radius 3 is 2.23 bits per heavy atom. The van der Waals surface area contributed by atoms with Crippen LogP contribution >= 0.6 is 24.0 Å². The summed E-state index contributed by atoms with van der Waals surface area (Å²) in [5.74, 6) is -0.684. The van der Waals surface area contributed by atoms with E-state index in [-0.39, 0.29) is 53.5 Å². The van der Waals surface area contributed by atoms with Gasteiger partial charge >= 0.3 is 6.18 Å². The SMILES string of the molecule is CCNC(=NCc1ccc(S(C)(=O)=O)cc1)NCc1ccc(F)cc1C(F)(F)F.I. The Morgan fingerprint density at radius 1 is 1.07 bits per heavy atom. The lowest BCUT2D eigenvalue weighted by Gasteiger charge is -2.16. The first-order chi connectivity index (χ1) is 13.5. The maximum atomic E-state index is 13.2. The highest BCUT2D eigenvalue weighted by Gasteiger charge is 2.33. The second kappa shape index (κ2) is 10.9. The summed E-state index contributed by atoms with van der Waals surface area (Å²) in [6.45, 7) is 2.27. The molecule has 0 saturated heterocycles. The number of rotatable bonds is 6. The molecule has 2 rings (SSSR count). The normalized spacial score (nSPS) is 12.3. The third-order valence-electron chi connectivity index (χ3n) is 3.94. The zero-order valence-electron chi connectivity index (χ0n) is 16.3. The third-order valence-corrected chi connectivity index (χ3v) is 5.07. The molecule has 0 atom stereocenters. The first kappa shape index (κ1) is 26.1. The standard InChI is InChI=1S/C19H21F4N3O2S.HI/c1-3-24-18(25-11-13-4-8-16(9-5-13)29(2,27)28)26-12-14-6-7-15(20)10-17(14)19(21,22)23;/h4-10H,3,11-12H2,1-2H3,(H2,24,25,26);1H. The molecule has 0 saturated carbocycles. The summed E-state index contributed by atoms with van der Waals surface area (Å²) >= 11 is 0. The third kappa shape index (κ3) is 7.74. The van der Waals surface area contributed by atoms with E-state index in [4.69, 9.17) is 0 Å². The number of nitrogens with zero attached hydrogens (tertiary/aromatic N) is 1. The number of benzene rings is 2. The van der Waals surface area contributed by atoms with Crippen LogP contribution in [0.5, 0.6) is 0 Å². The van der Waals surface area contributed by atoms with E-state index < -0.39 is 27.4 Å². The van der Waals surface area contributed by atoms with Gasteiger partial charge < -0.3 is 10.6 Å². The molecule has 0 amide bonds. The first-order valence-electron chi connectivity index (χ1n) is 8.67. The lowest BCUT2D eigenvalue weighted by molar-refractivity contribution is -0.138. The van der Waals surface area contributed by atoms with Gasteiger partial charge in [0.2, 0.25) is 0 Å². The van der Waals surface area contributed by atoms with Crippen LogP contribution in [0.2, 0.25) is 0 Å². The minimum atomic E-state index is -4.67. The van der Waals surface area contributed by atoms with Gasteiger partial charge in [0.15, 0.2) is 15.8 Å². The van der Waals surface area contributed by atoms with E-state index >= 15 is 0 Å². The Morgan fingerprint density at radius 2 is 1.70 bits per heavy atom. The summed E-state index contributed by atoms with van der Waals surface area (Å²) in [5.41, 5.74) is -0.424. The Bertz CT molecular complexity index is 978. The highest BCUT2D eigenvalue weighted by Crippen LogP contribution is 2.32. The van der Waals surface area contributed by atoms with Crippen molar-refractivity contribution in [3.05, 3.63) is 65.0 Å². The molecule has 0 aliphatic heterocycles. The number of guanidine groups is 1. The van der Waals surface area contributed by atoms with Crippen molar-refractivity contribution in [1.82, 2.24) is 10.6 Å². The molecule has 166 valence electrons. The van der Waals surface area contributed by atoms with Gasteiger partial charge in [0.25, 0.3) is 0 Å². The number of alkyl halides is 3. The highest BCUT2D eigenvalue weighted by molar-refractivity contribution is 14.0. The molecule has 0 bridgehead atoms. The van der Waals surface area contributed by atoms with Crippen LogP contribution in [0.1, 0.15) is 23.6 Å². The van der Waals surface area contributed by atoms with E-state index in [1.165, 1.54) is 12.1 Å². The predicted molar refractivity (Wildman–Crippen MR) is 118 cm³/mol. The Kier molecular flexibility index (Phi) is 9.53. The van der Waals surface area contributed by atoms with Crippen molar-refractivity contribution in [2.45, 2.75) is 31.1 Å². The van der Waals surface area contributed by atoms with Gasteiger partial charge in [0, 0.05) is 19.3 Å². The van der Waals surface area contributed by atoms with E-state index in [9.17, 15) is 26.0 Å². The molecule has 0 aromatic heterocycles. The van der Waals surface area contributed by atoms with E-state index in [2.05, 4.69) is 15.6 Å². The quantitative estimate of drug-likeness (QED) is 0.242. The van der Waals surface area contributed by atoms with Crippen molar-refractivity contribution in [3.63, 3.8) is 0 Å². The molecule has 0 heterocycles. The summed E-state index contributed by atoms with van der Waals surface area (Å²) in [5, 5.41) is 5.71. The number of sulfone groups is 1. The predicted octanol–water partition coefficient (Wildman–Crippen LogP) is 4.12. The average molecular weight is 559 g/mol. The van der Waals surface area contributed by atoms with Gasteiger partial charge in [-0.05, 0) is 42.3 Å². The maximum absolute atomic E-state index is 13.2. The number of halogens is 5. The number of hydrogen-bond donors (Lipinski definition) is 2. The van der Waals surface area contributed by atoms with Crippen molar-refractivity contribution < 1.29 is 26.0 Å². The highest BCUT2D eigenvalue weighted by atomic mass is 127. The van der Waals surface area contributed by atoms with Crippen molar-refractivity contribution in [2.24, 2.45) is 4.99 Å². The molecule has 5 nitrogen and oxygen atoms in total. The minimum Gasteiger partial charge on any atom is -0.357 e. The van der Waals surface area contributed by atoms with Gasteiger partial charge in [0.05, 0.1) is 17.0 Å². The molecule has 2 N–H and O–H groups in total. The summed E-state index contributed by atoms with van der Waals surface area (Å²) in [6, 6.07) is 8.68. The molecule has 0 radical (unpaired) electrons. The second-order valence-electron chi connectivity index (χ2n) is 6.26. The minimum absolute atomic E-state index is 0. The molecule has 0 unspecified atom stereocenters. The second-order valence-corrected chi connectivity index (χ2v) is 8.28. The van der Waals surface area contributed by atoms with Gasteiger partial charge in [-0.25, -0.2) is 17.8 Å². The Labute approximate surface area is 189 Å². The van der Waals surface area contributed by atoms with Crippen LogP contribution in [0.3, 0.4) is 0 Å². The molecule has 2 aromatic rings. The summed E-state index contributed by atoms with van der Waals surface area (Å²) in [4.78, 5) is 4.48. The average Bonchev–Trinajstić information content (AvgIpc) is 2.63. The molecular formula is C19H22F4IN3O2S. The molecule has 0 aliphatic rings. The van der Waals surface area contributed by atoms with E-state index in [1.807, 2.05) is 0 Å². The summed E-state index contributed by atoms with van der Waals surface area (Å²) in [6.07, 6.45) is -3.56. The number of nitrogens with one attached hydrogen (secondary N) is 2. The molecule has 0 aliphatic carbocycles. The Balaban J connectivity index is 0.00000450. The van der Waals surface area contributed by atoms with Crippen molar-refractivity contribution in [2.75, 3.05) is 12.8 Å². The fraction of sp³-hybridized carbons (Fsp3) is 0.316. The van der Waals surface area contributed by atoms with Gasteiger partial charge in [-0.1, -0.05) is 18.2 Å². The van der Waals surface area contributed by atoms with Gasteiger partial charge in [-0.15, -0.1) is 24.0 Å². The summed E-state index contributed by atoms with van der Waals surface area (Å²) in [7, 11) is -3.30. The lowest BCUT2D eigenvalue weighted by atomic mass is 10.1. The largest absolute Gasteiger partial charge is 0.416 e. The van der Waals surface area contributed by atoms with Crippen LogP contribution in [-0.4, -0.2) is 27.2 Å². The monoisotopic (exact) mass is 559 g/mol. The van der Waals surface area contributed by atoms with Crippen LogP contribution in [0, 0.1) is 5.82 Å². The lowest BCUT2D eigenvalue weighted by Crippen LogP contribution is -2.37. The smallest absolute Gasteiger partial charge is 0.357 e. The molecule has 11 heteroatoms. The maximum Gasteiger partial charge on any atom is 0.416 e. The topological polar surface area (TPSA) is 70.6 Å². The zero-order valence-corrected chi connectivity index (χ0v) is 19.4. The van der Waals surface area contributed by atoms with Crippen LogP contribution in [0.4, 0.5) is 17.6 Å². The Hall–Kier alpha value is -1.89. The van der Waals surface area contributed by atoms with Crippen LogP contribution in [0.25, 0.3) is 0 Å². The number of hydrogen-bond acceptors (Lipinski definition) is 3. The fourth-order valence-corrected chi connectivity index (χ4v) is 3.13. The van der Waals surface area contributed by atoms with Crippen molar-refractivity contribution in [1.29, 1.82) is 0 Å². The van der Waals surface area contributed by atoms with Gasteiger partial charge in [0.1, 0.15) is 5.82 Å². The fourth-order valence-electron chi connectivity index (χ4n) is 2.50. The van der Waals surface area contributed by atoms with Crippen molar-refractivity contribution >= 4 is 39.8 Å². The van der Waals surface area contributed by atoms with Gasteiger partial charge in [-0.2, -0.15) is 13.2 Å². The van der Waals surface area contributed by atoms with E-state index in [0.29, 0.717) is 12.6 Å².